The van der Waals surface area contributed by atoms with Crippen molar-refractivity contribution in [3.8, 4) is 0 Å². The molecule has 0 fully saturated rings. The molecule has 3 aromatic carbocycles. The molecule has 0 spiro atoms. The van der Waals surface area contributed by atoms with Crippen molar-refractivity contribution in [3.05, 3.63) is 90.0 Å². The molecule has 0 saturated heterocycles. The summed E-state index contributed by atoms with van der Waals surface area (Å²) in [5.41, 5.74) is 3.42. The number of hydrogen-bond acceptors (Lipinski definition) is 1. The third-order valence-electron chi connectivity index (χ3n) is 4.88. The van der Waals surface area contributed by atoms with Crippen LogP contribution in [0, 0.1) is 0 Å². The molecule has 0 aliphatic carbocycles. The van der Waals surface area contributed by atoms with Gasteiger partial charge in [-0.05, 0) is 47.2 Å². The maximum atomic E-state index is 14.4. The number of para-hydroxylation sites is 1. The highest BCUT2D eigenvalue weighted by molar-refractivity contribution is 7.80. The topological polar surface area (TPSA) is 29.1 Å². The van der Waals surface area contributed by atoms with Gasteiger partial charge in [-0.1, -0.05) is 82.3 Å². The number of benzene rings is 3. The first-order chi connectivity index (χ1) is 12.9. The zero-order chi connectivity index (χ0) is 19.4. The van der Waals surface area contributed by atoms with E-state index in [1.54, 1.807) is 0 Å². The Kier molecular flexibility index (Phi) is 5.87. The molecule has 3 heteroatoms. The van der Waals surface area contributed by atoms with Crippen LogP contribution in [-0.4, -0.2) is 0 Å². The summed E-state index contributed by atoms with van der Waals surface area (Å²) >= 11 is 0. The van der Waals surface area contributed by atoms with E-state index in [2.05, 4.69) is 51.0 Å². The van der Waals surface area contributed by atoms with Crippen LogP contribution >= 0.6 is 7.29 Å². The Morgan fingerprint density at radius 2 is 1.04 bits per heavy atom. The normalized spacial score (nSPS) is 11.8. The Hall–Kier alpha value is -2.31. The second kappa shape index (κ2) is 8.15. The summed E-state index contributed by atoms with van der Waals surface area (Å²) in [5, 5.41) is 5.19. The number of hydrogen-bond donors (Lipinski definition) is 1. The van der Waals surface area contributed by atoms with Gasteiger partial charge < -0.3 is 5.09 Å². The number of anilines is 1. The molecule has 0 unspecified atom stereocenters. The maximum Gasteiger partial charge on any atom is 0.227 e. The van der Waals surface area contributed by atoms with Gasteiger partial charge in [-0.3, -0.25) is 4.57 Å². The molecule has 1 N–H and O–H groups in total. The molecule has 140 valence electrons. The molecule has 0 saturated carbocycles. The smallest absolute Gasteiger partial charge is 0.227 e. The van der Waals surface area contributed by atoms with Crippen LogP contribution in [-0.2, 0) is 4.57 Å². The van der Waals surface area contributed by atoms with Crippen LogP contribution in [0.4, 0.5) is 5.69 Å². The van der Waals surface area contributed by atoms with Crippen LogP contribution in [0.5, 0.6) is 0 Å². The van der Waals surface area contributed by atoms with E-state index in [1.807, 2.05) is 60.7 Å². The Labute approximate surface area is 163 Å². The van der Waals surface area contributed by atoms with E-state index in [-0.39, 0.29) is 0 Å². The molecule has 0 aliphatic rings. The molecular weight excluding hydrogens is 349 g/mol. The first-order valence-corrected chi connectivity index (χ1v) is 11.3. The zero-order valence-corrected chi connectivity index (χ0v) is 17.4. The second-order valence-electron chi connectivity index (χ2n) is 7.51. The lowest BCUT2D eigenvalue weighted by atomic mass is 9.93. The minimum atomic E-state index is -3.03. The second-order valence-corrected chi connectivity index (χ2v) is 9.99. The summed E-state index contributed by atoms with van der Waals surface area (Å²) in [7, 11) is -3.03. The summed E-state index contributed by atoms with van der Waals surface area (Å²) in [6.07, 6.45) is 0. The van der Waals surface area contributed by atoms with Crippen LogP contribution in [0.25, 0.3) is 0 Å². The predicted octanol–water partition coefficient (Wildman–Crippen LogP) is 6.27. The lowest BCUT2D eigenvalue weighted by Crippen LogP contribution is -2.23. The third kappa shape index (κ3) is 4.01. The highest BCUT2D eigenvalue weighted by Gasteiger charge is 2.29. The molecule has 0 amide bonds. The van der Waals surface area contributed by atoms with Crippen LogP contribution in [0.1, 0.15) is 50.7 Å². The van der Waals surface area contributed by atoms with Gasteiger partial charge in [0.25, 0.3) is 0 Å². The fraction of sp³-hybridized carbons (Fsp3) is 0.250. The van der Waals surface area contributed by atoms with Crippen molar-refractivity contribution in [3.63, 3.8) is 0 Å². The Morgan fingerprint density at radius 1 is 0.630 bits per heavy atom. The van der Waals surface area contributed by atoms with Crippen LogP contribution < -0.4 is 15.7 Å². The van der Waals surface area contributed by atoms with Crippen LogP contribution in [0.3, 0.4) is 0 Å². The fourth-order valence-corrected chi connectivity index (χ4v) is 5.71. The van der Waals surface area contributed by atoms with Crippen molar-refractivity contribution in [2.45, 2.75) is 39.5 Å². The molecule has 27 heavy (non-hydrogen) atoms. The maximum absolute atomic E-state index is 14.4. The summed E-state index contributed by atoms with van der Waals surface area (Å²) < 4.78 is 14.4. The Bertz CT molecular complexity index is 863. The van der Waals surface area contributed by atoms with Crippen LogP contribution in [0.15, 0.2) is 78.9 Å². The van der Waals surface area contributed by atoms with Gasteiger partial charge in [-0.2, -0.15) is 0 Å². The highest BCUT2D eigenvalue weighted by Crippen LogP contribution is 2.47. The molecule has 3 aromatic rings. The van der Waals surface area contributed by atoms with E-state index in [0.29, 0.717) is 11.8 Å². The van der Waals surface area contributed by atoms with Crippen molar-refractivity contribution in [1.82, 2.24) is 0 Å². The van der Waals surface area contributed by atoms with Crippen LogP contribution in [0.2, 0.25) is 0 Å². The van der Waals surface area contributed by atoms with Gasteiger partial charge >= 0.3 is 0 Å². The molecular formula is C24H28NOP. The fourth-order valence-electron chi connectivity index (χ4n) is 3.39. The first-order valence-electron chi connectivity index (χ1n) is 9.56. The molecule has 3 rings (SSSR count). The molecule has 0 heterocycles. The third-order valence-corrected chi connectivity index (χ3v) is 7.47. The minimum Gasteiger partial charge on any atom is -0.329 e. The summed E-state index contributed by atoms with van der Waals surface area (Å²) in [6.45, 7) is 8.72. The van der Waals surface area contributed by atoms with E-state index in [9.17, 15) is 4.57 Å². The lowest BCUT2D eigenvalue weighted by Gasteiger charge is -2.27. The molecule has 0 aliphatic heterocycles. The Morgan fingerprint density at radius 3 is 1.41 bits per heavy atom. The van der Waals surface area contributed by atoms with Gasteiger partial charge in [0.2, 0.25) is 7.29 Å². The standard InChI is InChI=1S/C24H28NOP/c1-18(2)22-16-11-17-23(19(3)4)24(22)25-27(26,20-12-7-5-8-13-20)21-14-9-6-10-15-21/h5-19H,1-4H3,(H,25,26). The monoisotopic (exact) mass is 377 g/mol. The van der Waals surface area contributed by atoms with E-state index >= 15 is 0 Å². The van der Waals surface area contributed by atoms with Crippen molar-refractivity contribution < 1.29 is 4.57 Å². The van der Waals surface area contributed by atoms with Crippen molar-refractivity contribution in [2.75, 3.05) is 5.09 Å². The quantitative estimate of drug-likeness (QED) is 0.513. The zero-order valence-electron chi connectivity index (χ0n) is 16.5. The van der Waals surface area contributed by atoms with E-state index in [1.165, 1.54) is 11.1 Å². The molecule has 0 aromatic heterocycles. The molecule has 2 nitrogen and oxygen atoms in total. The van der Waals surface area contributed by atoms with Gasteiger partial charge in [0.15, 0.2) is 0 Å². The predicted molar refractivity (Wildman–Crippen MR) is 118 cm³/mol. The summed E-state index contributed by atoms with van der Waals surface area (Å²) in [5.74, 6) is 0.678. The summed E-state index contributed by atoms with van der Waals surface area (Å²) in [6, 6.07) is 25.9. The number of rotatable bonds is 6. The van der Waals surface area contributed by atoms with Gasteiger partial charge in [0.05, 0.1) is 0 Å². The molecule has 0 radical (unpaired) electrons. The van der Waals surface area contributed by atoms with Gasteiger partial charge in [-0.15, -0.1) is 0 Å². The SMILES string of the molecule is CC(C)c1cccc(C(C)C)c1NP(=O)(c1ccccc1)c1ccccc1. The first kappa shape index (κ1) is 19.5. The number of nitrogens with one attached hydrogen (secondary N) is 1. The highest BCUT2D eigenvalue weighted by atomic mass is 31.2. The Balaban J connectivity index is 2.22. The summed E-state index contributed by atoms with van der Waals surface area (Å²) in [4.78, 5) is 0. The van der Waals surface area contributed by atoms with Gasteiger partial charge in [0, 0.05) is 16.3 Å². The molecule has 0 bridgehead atoms. The lowest BCUT2D eigenvalue weighted by molar-refractivity contribution is 0.590. The van der Waals surface area contributed by atoms with E-state index in [4.69, 9.17) is 0 Å². The minimum absolute atomic E-state index is 0.339. The molecule has 0 atom stereocenters. The van der Waals surface area contributed by atoms with Gasteiger partial charge in [-0.25, -0.2) is 0 Å². The average molecular weight is 377 g/mol. The van der Waals surface area contributed by atoms with E-state index < -0.39 is 7.29 Å². The van der Waals surface area contributed by atoms with Gasteiger partial charge in [0.1, 0.15) is 0 Å². The van der Waals surface area contributed by atoms with E-state index in [0.717, 1.165) is 16.3 Å². The van der Waals surface area contributed by atoms with Crippen molar-refractivity contribution in [1.29, 1.82) is 0 Å². The largest absolute Gasteiger partial charge is 0.329 e. The van der Waals surface area contributed by atoms with Crippen molar-refractivity contribution in [2.24, 2.45) is 0 Å². The van der Waals surface area contributed by atoms with Crippen molar-refractivity contribution >= 4 is 23.6 Å². The average Bonchev–Trinajstić information content (AvgIpc) is 2.69.